The van der Waals surface area contributed by atoms with Gasteiger partial charge in [0.2, 0.25) is 0 Å². The van der Waals surface area contributed by atoms with Crippen LogP contribution in [0, 0.1) is 3.57 Å². The minimum atomic E-state index is -0.793. The van der Waals surface area contributed by atoms with Gasteiger partial charge in [-0.2, -0.15) is 0 Å². The molecule has 0 aliphatic carbocycles. The van der Waals surface area contributed by atoms with Gasteiger partial charge in [-0.1, -0.05) is 24.3 Å². The normalized spacial score (nSPS) is 10.2. The smallest absolute Gasteiger partial charge is 0.434 e. The second kappa shape index (κ2) is 11.3. The number of nitrogens with one attached hydrogen (secondary N) is 2. The molecule has 2 N–H and O–H groups in total. The van der Waals surface area contributed by atoms with Crippen molar-refractivity contribution in [3.63, 3.8) is 0 Å². The van der Waals surface area contributed by atoms with Gasteiger partial charge in [-0.05, 0) is 83.6 Å². The monoisotopic (exact) mass is 544 g/mol. The summed E-state index contributed by atoms with van der Waals surface area (Å²) in [5.74, 6) is -0.182. The van der Waals surface area contributed by atoms with Crippen molar-refractivity contribution in [3.05, 3.63) is 93.1 Å². The molecule has 0 spiro atoms. The van der Waals surface area contributed by atoms with Gasteiger partial charge in [0.1, 0.15) is 5.75 Å². The van der Waals surface area contributed by atoms with Crippen LogP contribution in [-0.2, 0) is 11.3 Å². The maximum absolute atomic E-state index is 12.5. The molecule has 0 heterocycles. The van der Waals surface area contributed by atoms with Crippen LogP contribution in [0.15, 0.2) is 72.8 Å². The number of benzene rings is 3. The van der Waals surface area contributed by atoms with Gasteiger partial charge in [-0.15, -0.1) is 0 Å². The first-order valence-electron chi connectivity index (χ1n) is 9.84. The maximum Gasteiger partial charge on any atom is 0.513 e. The van der Waals surface area contributed by atoms with Crippen LogP contribution in [0.3, 0.4) is 0 Å². The summed E-state index contributed by atoms with van der Waals surface area (Å²) in [6, 6.07) is 20.8. The molecule has 0 saturated carbocycles. The molecule has 3 rings (SSSR count). The third kappa shape index (κ3) is 6.55. The number of hydrogen-bond acceptors (Lipinski definition) is 5. The van der Waals surface area contributed by atoms with Crippen molar-refractivity contribution >= 4 is 46.2 Å². The highest BCUT2D eigenvalue weighted by molar-refractivity contribution is 14.1. The topological polar surface area (TPSA) is 93.7 Å². The van der Waals surface area contributed by atoms with Gasteiger partial charge in [0.15, 0.2) is 0 Å². The highest BCUT2D eigenvalue weighted by Gasteiger charge is 2.11. The van der Waals surface area contributed by atoms with Crippen molar-refractivity contribution in [1.82, 2.24) is 5.32 Å². The number of hydrogen-bond donors (Lipinski definition) is 2. The highest BCUT2D eigenvalue weighted by Crippen LogP contribution is 2.17. The zero-order chi connectivity index (χ0) is 22.9. The van der Waals surface area contributed by atoms with Gasteiger partial charge in [0.05, 0.1) is 12.2 Å². The molecule has 0 radical (unpaired) electrons. The largest absolute Gasteiger partial charge is 0.513 e. The first-order valence-corrected chi connectivity index (χ1v) is 10.9. The van der Waals surface area contributed by atoms with Crippen LogP contribution in [0.1, 0.15) is 33.2 Å². The summed E-state index contributed by atoms with van der Waals surface area (Å²) in [4.78, 5) is 36.3. The Hall–Kier alpha value is -3.40. The third-order valence-corrected chi connectivity index (χ3v) is 5.28. The van der Waals surface area contributed by atoms with Crippen LogP contribution in [-0.4, -0.2) is 24.6 Å². The number of carbonyl (C=O) groups excluding carboxylic acids is 3. The molecule has 3 aromatic rings. The quantitative estimate of drug-likeness (QED) is 0.248. The lowest BCUT2D eigenvalue weighted by Crippen LogP contribution is -2.23. The minimum Gasteiger partial charge on any atom is -0.434 e. The summed E-state index contributed by atoms with van der Waals surface area (Å²) in [5.41, 5.74) is 2.49. The van der Waals surface area contributed by atoms with Crippen LogP contribution >= 0.6 is 22.6 Å². The Morgan fingerprint density at radius 1 is 0.906 bits per heavy atom. The molecule has 0 aliphatic rings. The molecule has 164 valence electrons. The summed E-state index contributed by atoms with van der Waals surface area (Å²) in [5, 5.41) is 5.71. The zero-order valence-corrected chi connectivity index (χ0v) is 19.4. The molecule has 0 fully saturated rings. The summed E-state index contributed by atoms with van der Waals surface area (Å²) in [6.07, 6.45) is -0.793. The molecular formula is C24H21IN2O5. The summed E-state index contributed by atoms with van der Waals surface area (Å²) >= 11 is 2.12. The van der Waals surface area contributed by atoms with Crippen LogP contribution in [0.4, 0.5) is 10.5 Å². The highest BCUT2D eigenvalue weighted by atomic mass is 127. The van der Waals surface area contributed by atoms with E-state index < -0.39 is 6.16 Å². The average molecular weight is 544 g/mol. The molecule has 2 amide bonds. The van der Waals surface area contributed by atoms with Crippen molar-refractivity contribution in [2.75, 3.05) is 11.9 Å². The van der Waals surface area contributed by atoms with Crippen molar-refractivity contribution in [1.29, 1.82) is 0 Å². The minimum absolute atomic E-state index is 0.193. The molecular weight excluding hydrogens is 523 g/mol. The molecule has 7 nitrogen and oxygen atoms in total. The van der Waals surface area contributed by atoms with Gasteiger partial charge in [-0.3, -0.25) is 9.59 Å². The Morgan fingerprint density at radius 2 is 1.66 bits per heavy atom. The molecule has 0 bridgehead atoms. The molecule has 0 saturated heterocycles. The van der Waals surface area contributed by atoms with Crippen LogP contribution in [0.5, 0.6) is 5.75 Å². The molecule has 8 heteroatoms. The van der Waals surface area contributed by atoms with Crippen LogP contribution < -0.4 is 15.4 Å². The van der Waals surface area contributed by atoms with E-state index in [1.165, 1.54) is 12.1 Å². The molecule has 0 unspecified atom stereocenters. The van der Waals surface area contributed by atoms with E-state index in [-0.39, 0.29) is 30.7 Å². The van der Waals surface area contributed by atoms with E-state index in [0.717, 1.165) is 9.13 Å². The lowest BCUT2D eigenvalue weighted by Gasteiger charge is -2.10. The fourth-order valence-electron chi connectivity index (χ4n) is 2.81. The second-order valence-corrected chi connectivity index (χ2v) is 7.79. The van der Waals surface area contributed by atoms with Gasteiger partial charge < -0.3 is 20.1 Å². The van der Waals surface area contributed by atoms with Gasteiger partial charge >= 0.3 is 6.16 Å². The number of amides is 2. The lowest BCUT2D eigenvalue weighted by molar-refractivity contribution is 0.0950. The van der Waals surface area contributed by atoms with Crippen LogP contribution in [0.25, 0.3) is 0 Å². The van der Waals surface area contributed by atoms with E-state index in [1.54, 1.807) is 31.2 Å². The lowest BCUT2D eigenvalue weighted by atomic mass is 10.1. The molecule has 0 aromatic heterocycles. The number of halogens is 1. The van der Waals surface area contributed by atoms with E-state index in [1.807, 2.05) is 36.4 Å². The Balaban J connectivity index is 1.56. The van der Waals surface area contributed by atoms with Crippen molar-refractivity contribution in [2.45, 2.75) is 13.5 Å². The fraction of sp³-hybridized carbons (Fsp3) is 0.125. The second-order valence-electron chi connectivity index (χ2n) is 6.63. The molecule has 0 aliphatic heterocycles. The van der Waals surface area contributed by atoms with Crippen LogP contribution in [0.2, 0.25) is 0 Å². The average Bonchev–Trinajstić information content (AvgIpc) is 2.78. The number of carbonyl (C=O) groups is 3. The summed E-state index contributed by atoms with van der Waals surface area (Å²) < 4.78 is 10.5. The van der Waals surface area contributed by atoms with Crippen molar-refractivity contribution < 1.29 is 23.9 Å². The SMILES string of the molecule is CCOC(=O)Oc1ccc(C(=O)NCc2cccc(NC(=O)c3ccccc3I)c2)cc1. The van der Waals surface area contributed by atoms with E-state index >= 15 is 0 Å². The number of ether oxygens (including phenoxy) is 2. The first-order chi connectivity index (χ1) is 15.5. The van der Waals surface area contributed by atoms with E-state index in [9.17, 15) is 14.4 Å². The van der Waals surface area contributed by atoms with E-state index in [0.29, 0.717) is 16.8 Å². The third-order valence-electron chi connectivity index (χ3n) is 4.34. The molecule has 3 aromatic carbocycles. The Kier molecular flexibility index (Phi) is 8.20. The summed E-state index contributed by atoms with van der Waals surface area (Å²) in [7, 11) is 0. The van der Waals surface area contributed by atoms with Gasteiger partial charge in [0, 0.05) is 21.4 Å². The van der Waals surface area contributed by atoms with Crippen molar-refractivity contribution in [2.24, 2.45) is 0 Å². The Bertz CT molecular complexity index is 1120. The van der Waals surface area contributed by atoms with Gasteiger partial charge in [0.25, 0.3) is 11.8 Å². The van der Waals surface area contributed by atoms with E-state index in [4.69, 9.17) is 9.47 Å². The van der Waals surface area contributed by atoms with Gasteiger partial charge in [-0.25, -0.2) is 4.79 Å². The predicted molar refractivity (Wildman–Crippen MR) is 129 cm³/mol. The fourth-order valence-corrected chi connectivity index (χ4v) is 3.44. The maximum atomic E-state index is 12.5. The molecule has 32 heavy (non-hydrogen) atoms. The Labute approximate surface area is 199 Å². The summed E-state index contributed by atoms with van der Waals surface area (Å²) in [6.45, 7) is 2.19. The zero-order valence-electron chi connectivity index (χ0n) is 17.3. The van der Waals surface area contributed by atoms with Crippen molar-refractivity contribution in [3.8, 4) is 5.75 Å². The number of anilines is 1. The number of rotatable bonds is 7. The predicted octanol–water partition coefficient (Wildman–Crippen LogP) is 5.01. The molecule has 0 atom stereocenters. The van der Waals surface area contributed by atoms with E-state index in [2.05, 4.69) is 33.2 Å². The standard InChI is InChI=1S/C24H21IN2O5/c1-2-31-24(30)32-19-12-10-17(11-13-19)22(28)26-15-16-6-5-7-18(14-16)27-23(29)20-8-3-4-9-21(20)25/h3-14H,2,15H2,1H3,(H,26,28)(H,27,29). The first kappa shape index (κ1) is 23.3. The Morgan fingerprint density at radius 3 is 2.38 bits per heavy atom.